The van der Waals surface area contributed by atoms with Gasteiger partial charge in [0.05, 0.1) is 13.2 Å². The van der Waals surface area contributed by atoms with Crippen molar-refractivity contribution in [2.75, 3.05) is 62.3 Å². The summed E-state index contributed by atoms with van der Waals surface area (Å²) in [6.07, 6.45) is 0. The third-order valence-electron chi connectivity index (χ3n) is 5.10. The van der Waals surface area contributed by atoms with Gasteiger partial charge in [-0.3, -0.25) is 4.79 Å². The molecule has 0 N–H and O–H groups in total. The number of halogens is 1. The average molecular weight is 493 g/mol. The van der Waals surface area contributed by atoms with Crippen molar-refractivity contribution in [1.29, 1.82) is 0 Å². The number of hydrogen-bond acceptors (Lipinski definition) is 6. The van der Waals surface area contributed by atoms with E-state index in [0.29, 0.717) is 26.3 Å². The van der Waals surface area contributed by atoms with E-state index >= 15 is 0 Å². The molecule has 0 bridgehead atoms. The first kappa shape index (κ1) is 19.4. The molecule has 28 heavy (non-hydrogen) atoms. The SMILES string of the molecule is Cc1cc(N2CCN(C(=O)c3ccc(I)cc3)CC2)nc(N2CCOCC2)n1. The van der Waals surface area contributed by atoms with Crippen molar-refractivity contribution in [2.24, 2.45) is 0 Å². The Morgan fingerprint density at radius 2 is 1.64 bits per heavy atom. The number of benzene rings is 1. The molecule has 0 saturated carbocycles. The van der Waals surface area contributed by atoms with Gasteiger partial charge in [0.1, 0.15) is 5.82 Å². The summed E-state index contributed by atoms with van der Waals surface area (Å²) in [7, 11) is 0. The van der Waals surface area contributed by atoms with E-state index in [1.807, 2.05) is 42.2 Å². The first-order valence-electron chi connectivity index (χ1n) is 9.58. The Labute approximate surface area is 178 Å². The van der Waals surface area contributed by atoms with Crippen LogP contribution in [0.3, 0.4) is 0 Å². The Morgan fingerprint density at radius 1 is 0.964 bits per heavy atom. The van der Waals surface area contributed by atoms with Crippen LogP contribution in [0, 0.1) is 10.5 Å². The summed E-state index contributed by atoms with van der Waals surface area (Å²) in [6.45, 7) is 8.01. The fraction of sp³-hybridized carbons (Fsp3) is 0.450. The average Bonchev–Trinajstić information content (AvgIpc) is 2.74. The molecule has 0 spiro atoms. The molecule has 1 aromatic carbocycles. The van der Waals surface area contributed by atoms with Crippen molar-refractivity contribution in [3.8, 4) is 0 Å². The first-order chi connectivity index (χ1) is 13.6. The molecule has 0 radical (unpaired) electrons. The minimum Gasteiger partial charge on any atom is -0.378 e. The van der Waals surface area contributed by atoms with E-state index in [9.17, 15) is 4.79 Å². The molecule has 1 aromatic heterocycles. The molecule has 2 aliphatic rings. The van der Waals surface area contributed by atoms with E-state index in [2.05, 4.69) is 37.4 Å². The standard InChI is InChI=1S/C20H24IN5O2/c1-15-14-18(23-20(22-15)26-10-12-28-13-11-26)24-6-8-25(9-7-24)19(27)16-2-4-17(21)5-3-16/h2-5,14H,6-13H2,1H3. The van der Waals surface area contributed by atoms with Crippen LogP contribution in [-0.2, 0) is 4.74 Å². The number of carbonyl (C=O) groups excluding carboxylic acids is 1. The van der Waals surface area contributed by atoms with E-state index < -0.39 is 0 Å². The topological polar surface area (TPSA) is 61.8 Å². The number of aryl methyl sites for hydroxylation is 1. The van der Waals surface area contributed by atoms with Crippen molar-refractivity contribution >= 4 is 40.3 Å². The van der Waals surface area contributed by atoms with Gasteiger partial charge in [-0.1, -0.05) is 0 Å². The summed E-state index contributed by atoms with van der Waals surface area (Å²) >= 11 is 2.25. The summed E-state index contributed by atoms with van der Waals surface area (Å²) < 4.78 is 6.56. The van der Waals surface area contributed by atoms with Crippen molar-refractivity contribution in [2.45, 2.75) is 6.92 Å². The second kappa shape index (κ2) is 8.60. The van der Waals surface area contributed by atoms with Crippen LogP contribution in [-0.4, -0.2) is 73.3 Å². The molecule has 7 nitrogen and oxygen atoms in total. The lowest BCUT2D eigenvalue weighted by molar-refractivity contribution is 0.0746. The highest BCUT2D eigenvalue weighted by atomic mass is 127. The second-order valence-electron chi connectivity index (χ2n) is 7.05. The van der Waals surface area contributed by atoms with Crippen molar-refractivity contribution in [3.63, 3.8) is 0 Å². The maximum absolute atomic E-state index is 12.7. The van der Waals surface area contributed by atoms with E-state index in [-0.39, 0.29) is 5.91 Å². The molecule has 2 fully saturated rings. The van der Waals surface area contributed by atoms with Crippen LogP contribution in [0.5, 0.6) is 0 Å². The van der Waals surface area contributed by atoms with Crippen LogP contribution in [0.15, 0.2) is 30.3 Å². The molecule has 1 amide bonds. The molecular weight excluding hydrogens is 469 g/mol. The quantitative estimate of drug-likeness (QED) is 0.612. The van der Waals surface area contributed by atoms with Crippen LogP contribution in [0.25, 0.3) is 0 Å². The number of ether oxygens (including phenoxy) is 1. The highest BCUT2D eigenvalue weighted by Gasteiger charge is 2.24. The summed E-state index contributed by atoms with van der Waals surface area (Å²) in [5.74, 6) is 1.81. The van der Waals surface area contributed by atoms with Crippen molar-refractivity contribution in [3.05, 3.63) is 45.2 Å². The number of aromatic nitrogens is 2. The Bertz CT molecular complexity index is 831. The van der Waals surface area contributed by atoms with Crippen LogP contribution in [0.2, 0.25) is 0 Å². The largest absolute Gasteiger partial charge is 0.378 e. The molecule has 4 rings (SSSR count). The van der Waals surface area contributed by atoms with Crippen LogP contribution in [0.1, 0.15) is 16.1 Å². The van der Waals surface area contributed by atoms with Gasteiger partial charge < -0.3 is 19.4 Å². The van der Waals surface area contributed by atoms with Gasteiger partial charge >= 0.3 is 0 Å². The molecule has 2 aromatic rings. The maximum atomic E-state index is 12.7. The van der Waals surface area contributed by atoms with E-state index in [0.717, 1.165) is 52.8 Å². The maximum Gasteiger partial charge on any atom is 0.253 e. The van der Waals surface area contributed by atoms with Crippen LogP contribution in [0.4, 0.5) is 11.8 Å². The third-order valence-corrected chi connectivity index (χ3v) is 5.82. The predicted octanol–water partition coefficient (Wildman–Crippen LogP) is 2.19. The molecule has 3 heterocycles. The number of nitrogens with zero attached hydrogens (tertiary/aromatic N) is 5. The molecule has 0 unspecified atom stereocenters. The van der Waals surface area contributed by atoms with E-state index in [4.69, 9.17) is 9.72 Å². The van der Waals surface area contributed by atoms with Gasteiger partial charge in [-0.15, -0.1) is 0 Å². The first-order valence-corrected chi connectivity index (χ1v) is 10.7. The highest BCUT2D eigenvalue weighted by Crippen LogP contribution is 2.20. The van der Waals surface area contributed by atoms with Gasteiger partial charge in [-0.25, -0.2) is 4.98 Å². The summed E-state index contributed by atoms with van der Waals surface area (Å²) in [5.41, 5.74) is 1.71. The van der Waals surface area contributed by atoms with E-state index in [1.54, 1.807) is 0 Å². The lowest BCUT2D eigenvalue weighted by atomic mass is 10.2. The summed E-state index contributed by atoms with van der Waals surface area (Å²) in [5, 5.41) is 0. The van der Waals surface area contributed by atoms with Gasteiger partial charge in [-0.2, -0.15) is 4.98 Å². The highest BCUT2D eigenvalue weighted by molar-refractivity contribution is 14.1. The van der Waals surface area contributed by atoms with Crippen molar-refractivity contribution in [1.82, 2.24) is 14.9 Å². The van der Waals surface area contributed by atoms with Gasteiger partial charge in [-0.05, 0) is 53.8 Å². The molecule has 8 heteroatoms. The summed E-state index contributed by atoms with van der Waals surface area (Å²) in [4.78, 5) is 28.5. The molecule has 0 atom stereocenters. The fourth-order valence-electron chi connectivity index (χ4n) is 3.52. The number of anilines is 2. The minimum absolute atomic E-state index is 0.101. The number of amides is 1. The zero-order chi connectivity index (χ0) is 19.5. The predicted molar refractivity (Wildman–Crippen MR) is 117 cm³/mol. The van der Waals surface area contributed by atoms with Crippen LogP contribution >= 0.6 is 22.6 Å². The zero-order valence-electron chi connectivity index (χ0n) is 16.0. The van der Waals surface area contributed by atoms with Crippen molar-refractivity contribution < 1.29 is 9.53 Å². The van der Waals surface area contributed by atoms with Gasteiger partial charge in [0.15, 0.2) is 0 Å². The zero-order valence-corrected chi connectivity index (χ0v) is 18.1. The Balaban J connectivity index is 1.42. The Kier molecular flexibility index (Phi) is 5.96. The number of piperazine rings is 1. The van der Waals surface area contributed by atoms with Gasteiger partial charge in [0, 0.05) is 60.2 Å². The van der Waals surface area contributed by atoms with Gasteiger partial charge in [0.25, 0.3) is 5.91 Å². The number of carbonyl (C=O) groups is 1. The Hall–Kier alpha value is -1.94. The molecule has 2 aliphatic heterocycles. The second-order valence-corrected chi connectivity index (χ2v) is 8.30. The third kappa shape index (κ3) is 4.38. The monoisotopic (exact) mass is 493 g/mol. The normalized spacial score (nSPS) is 17.7. The smallest absolute Gasteiger partial charge is 0.253 e. The molecular formula is C20H24IN5O2. The number of rotatable bonds is 3. The number of morpholine rings is 1. The van der Waals surface area contributed by atoms with Gasteiger partial charge in [0.2, 0.25) is 5.95 Å². The lowest BCUT2D eigenvalue weighted by Gasteiger charge is -2.36. The van der Waals surface area contributed by atoms with E-state index in [1.165, 1.54) is 0 Å². The summed E-state index contributed by atoms with van der Waals surface area (Å²) in [6, 6.07) is 9.78. The minimum atomic E-state index is 0.101. The lowest BCUT2D eigenvalue weighted by Crippen LogP contribution is -2.49. The molecule has 0 aliphatic carbocycles. The number of hydrogen-bond donors (Lipinski definition) is 0. The Morgan fingerprint density at radius 3 is 2.32 bits per heavy atom. The fourth-order valence-corrected chi connectivity index (χ4v) is 3.88. The van der Waals surface area contributed by atoms with Crippen LogP contribution < -0.4 is 9.80 Å². The molecule has 2 saturated heterocycles. The molecule has 148 valence electrons.